The molecule has 4 aromatic rings. The molecule has 5 N–H and O–H groups in total. The van der Waals surface area contributed by atoms with E-state index in [-0.39, 0.29) is 11.4 Å². The fourth-order valence-electron chi connectivity index (χ4n) is 4.40. The van der Waals surface area contributed by atoms with E-state index in [1.165, 1.54) is 0 Å². The quantitative estimate of drug-likeness (QED) is 0.395. The van der Waals surface area contributed by atoms with Crippen LogP contribution in [0.2, 0.25) is 5.02 Å². The van der Waals surface area contributed by atoms with Gasteiger partial charge in [0.05, 0.1) is 17.9 Å². The number of halogens is 1. The molecule has 0 radical (unpaired) electrons. The average Bonchev–Trinajstić information content (AvgIpc) is 3.10. The van der Waals surface area contributed by atoms with Crippen molar-refractivity contribution >= 4 is 22.5 Å². The molecule has 0 saturated heterocycles. The van der Waals surface area contributed by atoms with Crippen LogP contribution in [0.15, 0.2) is 52.1 Å². The predicted octanol–water partition coefficient (Wildman–Crippen LogP) is 1.88. The molecule has 0 saturated carbocycles. The van der Waals surface area contributed by atoms with Gasteiger partial charge in [-0.15, -0.1) is 0 Å². The number of para-hydroxylation sites is 1. The molecule has 5 rings (SSSR count). The number of nitrogens with one attached hydrogen (secondary N) is 2. The third-order valence-electron chi connectivity index (χ3n) is 5.80. The third-order valence-corrected chi connectivity index (χ3v) is 6.03. The molecule has 0 aliphatic carbocycles. The normalized spacial score (nSPS) is 16.0. The lowest BCUT2D eigenvalue weighted by atomic mass is 9.95. The molecule has 152 valence electrons. The maximum absolute atomic E-state index is 12.8. The second kappa shape index (κ2) is 6.90. The Morgan fingerprint density at radius 3 is 2.80 bits per heavy atom. The minimum atomic E-state index is -0.709. The van der Waals surface area contributed by atoms with Crippen molar-refractivity contribution in [2.24, 2.45) is 0 Å². The van der Waals surface area contributed by atoms with E-state index >= 15 is 0 Å². The lowest BCUT2D eigenvalue weighted by Crippen LogP contribution is -2.87. The van der Waals surface area contributed by atoms with Crippen LogP contribution >= 0.6 is 11.6 Å². The Morgan fingerprint density at radius 2 is 1.97 bits per heavy atom. The van der Waals surface area contributed by atoms with Crippen molar-refractivity contribution in [1.82, 2.24) is 14.5 Å². The first kappa shape index (κ1) is 18.7. The summed E-state index contributed by atoms with van der Waals surface area (Å²) in [5, 5.41) is 14.7. The van der Waals surface area contributed by atoms with E-state index in [1.54, 1.807) is 18.2 Å². The van der Waals surface area contributed by atoms with Crippen molar-refractivity contribution in [2.75, 3.05) is 6.54 Å². The van der Waals surface area contributed by atoms with E-state index in [0.29, 0.717) is 10.7 Å². The second-order valence-electron chi connectivity index (χ2n) is 7.58. The maximum atomic E-state index is 12.8. The third kappa shape index (κ3) is 2.78. The number of rotatable bonds is 2. The number of aromatic nitrogens is 3. The Hall–Kier alpha value is -3.29. The van der Waals surface area contributed by atoms with Crippen LogP contribution < -0.4 is 16.6 Å². The number of hydrogen-bond acceptors (Lipinski definition) is 3. The van der Waals surface area contributed by atoms with Gasteiger partial charge >= 0.3 is 5.69 Å². The number of nitrogens with two attached hydrogens (primary N) is 1. The van der Waals surface area contributed by atoms with Crippen molar-refractivity contribution in [3.8, 4) is 11.6 Å². The molecule has 1 aliphatic rings. The summed E-state index contributed by atoms with van der Waals surface area (Å²) in [6.45, 7) is 2.57. The lowest BCUT2D eigenvalue weighted by Gasteiger charge is -2.22. The molecule has 2 aromatic heterocycles. The van der Waals surface area contributed by atoms with Crippen LogP contribution in [0.1, 0.15) is 28.4 Å². The van der Waals surface area contributed by atoms with Gasteiger partial charge in [0, 0.05) is 22.3 Å². The maximum Gasteiger partial charge on any atom is 0.335 e. The zero-order valence-electron chi connectivity index (χ0n) is 16.2. The Morgan fingerprint density at radius 1 is 1.17 bits per heavy atom. The van der Waals surface area contributed by atoms with Gasteiger partial charge in [0.25, 0.3) is 5.56 Å². The summed E-state index contributed by atoms with van der Waals surface area (Å²) in [6, 6.07) is 12.6. The average molecular weight is 424 g/mol. The van der Waals surface area contributed by atoms with Gasteiger partial charge < -0.3 is 15.4 Å². The molecule has 3 heterocycles. The first-order chi connectivity index (χ1) is 14.5. The fraction of sp³-hybridized carbons (Fsp3) is 0.182. The largest absolute Gasteiger partial charge is 0.494 e. The first-order valence-electron chi connectivity index (χ1n) is 9.73. The molecule has 0 fully saturated rings. The number of hydrogen-bond donors (Lipinski definition) is 4. The highest BCUT2D eigenvalue weighted by Crippen LogP contribution is 2.33. The highest BCUT2D eigenvalue weighted by Gasteiger charge is 2.34. The van der Waals surface area contributed by atoms with E-state index < -0.39 is 17.3 Å². The SMILES string of the molecule is Cc1ccc(Cl)cc1-n1c(O)c([C@@H]2[NH2+]CCc3c2[nH]c2ccccc32)c(=O)[nH]c1=O. The van der Waals surface area contributed by atoms with Gasteiger partial charge in [-0.25, -0.2) is 9.36 Å². The summed E-state index contributed by atoms with van der Waals surface area (Å²) in [5.41, 5.74) is 2.99. The van der Waals surface area contributed by atoms with Crippen molar-refractivity contribution in [3.05, 3.63) is 90.7 Å². The number of fused-ring (bicyclic) bond motifs is 3. The van der Waals surface area contributed by atoms with E-state index in [1.807, 2.05) is 36.5 Å². The smallest absolute Gasteiger partial charge is 0.335 e. The van der Waals surface area contributed by atoms with Crippen LogP contribution in [0.4, 0.5) is 0 Å². The molecule has 0 bridgehead atoms. The van der Waals surface area contributed by atoms with Gasteiger partial charge in [0.1, 0.15) is 5.56 Å². The van der Waals surface area contributed by atoms with Crippen LogP contribution in [0, 0.1) is 6.92 Å². The van der Waals surface area contributed by atoms with E-state index in [0.717, 1.165) is 45.3 Å². The summed E-state index contributed by atoms with van der Waals surface area (Å²) < 4.78 is 1.11. The summed E-state index contributed by atoms with van der Waals surface area (Å²) in [7, 11) is 0. The molecule has 8 heteroatoms. The van der Waals surface area contributed by atoms with Crippen molar-refractivity contribution in [3.63, 3.8) is 0 Å². The fourth-order valence-corrected chi connectivity index (χ4v) is 4.56. The minimum absolute atomic E-state index is 0.140. The van der Waals surface area contributed by atoms with Crippen LogP contribution in [-0.4, -0.2) is 26.2 Å². The molecular formula is C22H20ClN4O3+. The molecular weight excluding hydrogens is 404 g/mol. The minimum Gasteiger partial charge on any atom is -0.494 e. The van der Waals surface area contributed by atoms with Crippen LogP contribution in [0.5, 0.6) is 5.88 Å². The first-order valence-corrected chi connectivity index (χ1v) is 10.1. The zero-order chi connectivity index (χ0) is 21.0. The van der Waals surface area contributed by atoms with Crippen LogP contribution in [0.3, 0.4) is 0 Å². The molecule has 0 amide bonds. The summed E-state index contributed by atoms with van der Waals surface area (Å²) in [6.07, 6.45) is 0.849. The zero-order valence-corrected chi connectivity index (χ0v) is 17.0. The van der Waals surface area contributed by atoms with Crippen LogP contribution in [-0.2, 0) is 6.42 Å². The summed E-state index contributed by atoms with van der Waals surface area (Å²) in [5.74, 6) is -0.373. The Labute approximate surface area is 176 Å². The van der Waals surface area contributed by atoms with E-state index in [4.69, 9.17) is 11.6 Å². The molecule has 2 aromatic carbocycles. The number of aryl methyl sites for hydroxylation is 1. The Bertz CT molecular complexity index is 1420. The molecule has 30 heavy (non-hydrogen) atoms. The van der Waals surface area contributed by atoms with E-state index in [2.05, 4.69) is 9.97 Å². The number of H-pyrrole nitrogens is 2. The van der Waals surface area contributed by atoms with Gasteiger partial charge in [-0.2, -0.15) is 0 Å². The second-order valence-corrected chi connectivity index (χ2v) is 8.01. The predicted molar refractivity (Wildman–Crippen MR) is 115 cm³/mol. The van der Waals surface area contributed by atoms with Crippen LogP contribution in [0.25, 0.3) is 16.6 Å². The number of nitrogens with zero attached hydrogens (tertiary/aromatic N) is 1. The standard InChI is InChI=1S/C22H19ClN4O3/c1-11-6-7-12(23)10-16(11)27-21(29)17(20(28)26-22(27)30)19-18-14(8-9-24-19)13-4-2-3-5-15(13)25-18/h2-7,10,19,24-25,29H,8-9H2,1H3,(H,26,28,30)/p+1/t19-/m0/s1. The van der Waals surface area contributed by atoms with E-state index in [9.17, 15) is 14.7 Å². The van der Waals surface area contributed by atoms with Gasteiger partial charge in [0.15, 0.2) is 6.04 Å². The molecule has 0 spiro atoms. The topological polar surface area (TPSA) is 107 Å². The van der Waals surface area contributed by atoms with Crippen molar-refractivity contribution in [2.45, 2.75) is 19.4 Å². The van der Waals surface area contributed by atoms with Gasteiger partial charge in [-0.1, -0.05) is 35.9 Å². The Balaban J connectivity index is 1.77. The molecule has 7 nitrogen and oxygen atoms in total. The number of benzene rings is 2. The van der Waals surface area contributed by atoms with Crippen molar-refractivity contribution in [1.29, 1.82) is 0 Å². The number of quaternary nitrogens is 1. The van der Waals surface area contributed by atoms with Gasteiger partial charge in [-0.05, 0) is 36.2 Å². The van der Waals surface area contributed by atoms with Gasteiger partial charge in [0.2, 0.25) is 5.88 Å². The van der Waals surface area contributed by atoms with Crippen molar-refractivity contribution < 1.29 is 10.4 Å². The Kier molecular flexibility index (Phi) is 4.30. The number of aromatic amines is 2. The highest BCUT2D eigenvalue weighted by molar-refractivity contribution is 6.30. The summed E-state index contributed by atoms with van der Waals surface area (Å²) in [4.78, 5) is 31.2. The highest BCUT2D eigenvalue weighted by atomic mass is 35.5. The van der Waals surface area contributed by atoms with Gasteiger partial charge in [-0.3, -0.25) is 9.78 Å². The number of aromatic hydroxyl groups is 1. The molecule has 0 unspecified atom stereocenters. The monoisotopic (exact) mass is 423 g/mol. The molecule has 1 atom stereocenters. The summed E-state index contributed by atoms with van der Waals surface area (Å²) >= 11 is 6.12. The lowest BCUT2D eigenvalue weighted by molar-refractivity contribution is -0.690. The molecule has 1 aliphatic heterocycles.